The second kappa shape index (κ2) is 3.25. The van der Waals surface area contributed by atoms with Crippen LogP contribution >= 0.6 is 0 Å². The Morgan fingerprint density at radius 2 is 2.40 bits per heavy atom. The summed E-state index contributed by atoms with van der Waals surface area (Å²) in [4.78, 5) is 4.03. The standard InChI is InChI=1S/C7H9BN2/c1-2-9-7-4-3-6(8)5-10-7/h3-5H,2H2,1H3,(H,9,10). The number of nitrogens with one attached hydrogen (secondary N) is 1. The lowest BCUT2D eigenvalue weighted by molar-refractivity contribution is 1.16. The van der Waals surface area contributed by atoms with E-state index in [-0.39, 0.29) is 0 Å². The number of hydrogen-bond acceptors (Lipinski definition) is 2. The Morgan fingerprint density at radius 3 is 2.90 bits per heavy atom. The molecule has 0 atom stereocenters. The third-order valence-corrected chi connectivity index (χ3v) is 1.14. The van der Waals surface area contributed by atoms with Gasteiger partial charge in [-0.05, 0) is 13.0 Å². The van der Waals surface area contributed by atoms with Crippen molar-refractivity contribution in [2.45, 2.75) is 6.92 Å². The fourth-order valence-electron chi connectivity index (χ4n) is 0.691. The first-order valence-electron chi connectivity index (χ1n) is 3.28. The molecule has 0 saturated heterocycles. The van der Waals surface area contributed by atoms with Gasteiger partial charge in [-0.2, -0.15) is 0 Å². The minimum absolute atomic E-state index is 0.696. The van der Waals surface area contributed by atoms with Crippen molar-refractivity contribution in [2.24, 2.45) is 0 Å². The Morgan fingerprint density at radius 1 is 1.60 bits per heavy atom. The lowest BCUT2D eigenvalue weighted by Crippen LogP contribution is -2.05. The van der Waals surface area contributed by atoms with Crippen LogP contribution < -0.4 is 10.8 Å². The van der Waals surface area contributed by atoms with Crippen LogP contribution in [-0.4, -0.2) is 19.4 Å². The average molecular weight is 132 g/mol. The molecule has 0 spiro atoms. The number of hydrogen-bond donors (Lipinski definition) is 1. The molecule has 0 aliphatic rings. The SMILES string of the molecule is [B]c1ccc(NCC)nc1. The van der Waals surface area contributed by atoms with E-state index in [4.69, 9.17) is 7.85 Å². The summed E-state index contributed by atoms with van der Waals surface area (Å²) in [5.74, 6) is 0.872. The van der Waals surface area contributed by atoms with Crippen molar-refractivity contribution in [2.75, 3.05) is 11.9 Å². The van der Waals surface area contributed by atoms with E-state index in [1.165, 1.54) is 0 Å². The van der Waals surface area contributed by atoms with Gasteiger partial charge in [-0.3, -0.25) is 0 Å². The molecule has 0 fully saturated rings. The summed E-state index contributed by atoms with van der Waals surface area (Å²) in [6.45, 7) is 2.91. The molecule has 2 nitrogen and oxygen atoms in total. The van der Waals surface area contributed by atoms with E-state index in [0.717, 1.165) is 12.4 Å². The first-order valence-corrected chi connectivity index (χ1v) is 3.28. The number of aromatic nitrogens is 1. The molecule has 0 saturated carbocycles. The highest BCUT2D eigenvalue weighted by Crippen LogP contribution is 1.95. The van der Waals surface area contributed by atoms with Crippen LogP contribution in [0.25, 0.3) is 0 Å². The molecular formula is C7H9BN2. The number of rotatable bonds is 2. The molecule has 2 radical (unpaired) electrons. The zero-order chi connectivity index (χ0) is 7.40. The van der Waals surface area contributed by atoms with E-state index in [1.807, 2.05) is 19.1 Å². The zero-order valence-electron chi connectivity index (χ0n) is 5.96. The summed E-state index contributed by atoms with van der Waals surface area (Å²) < 4.78 is 0. The van der Waals surface area contributed by atoms with Crippen LogP contribution in [0, 0.1) is 0 Å². The van der Waals surface area contributed by atoms with Gasteiger partial charge in [0.2, 0.25) is 0 Å². The first-order chi connectivity index (χ1) is 4.83. The smallest absolute Gasteiger partial charge is 0.125 e. The molecule has 3 heteroatoms. The Labute approximate surface area is 62.1 Å². The van der Waals surface area contributed by atoms with Crippen molar-refractivity contribution in [3.63, 3.8) is 0 Å². The molecule has 0 bridgehead atoms. The van der Waals surface area contributed by atoms with Gasteiger partial charge in [-0.15, -0.1) is 0 Å². The maximum atomic E-state index is 5.43. The minimum atomic E-state index is 0.696. The van der Waals surface area contributed by atoms with Crippen LogP contribution in [0.15, 0.2) is 18.3 Å². The maximum absolute atomic E-state index is 5.43. The van der Waals surface area contributed by atoms with Crippen molar-refractivity contribution in [3.8, 4) is 0 Å². The third kappa shape index (κ3) is 1.76. The predicted octanol–water partition coefficient (Wildman–Crippen LogP) is 0.307. The van der Waals surface area contributed by atoms with Crippen molar-refractivity contribution in [1.29, 1.82) is 0 Å². The van der Waals surface area contributed by atoms with E-state index < -0.39 is 0 Å². The van der Waals surface area contributed by atoms with E-state index >= 15 is 0 Å². The van der Waals surface area contributed by atoms with E-state index in [1.54, 1.807) is 6.20 Å². The highest BCUT2D eigenvalue weighted by molar-refractivity contribution is 6.32. The summed E-state index contributed by atoms with van der Waals surface area (Å²) in [5.41, 5.74) is 0.696. The van der Waals surface area contributed by atoms with E-state index in [9.17, 15) is 0 Å². The highest BCUT2D eigenvalue weighted by atomic mass is 15.0. The van der Waals surface area contributed by atoms with E-state index in [2.05, 4.69) is 10.3 Å². The molecule has 1 heterocycles. The molecule has 1 aromatic rings. The minimum Gasteiger partial charge on any atom is -0.370 e. The molecule has 0 aliphatic heterocycles. The lowest BCUT2D eigenvalue weighted by atomic mass is 9.99. The van der Waals surface area contributed by atoms with Gasteiger partial charge in [0.1, 0.15) is 13.7 Å². The monoisotopic (exact) mass is 132 g/mol. The molecule has 10 heavy (non-hydrogen) atoms. The molecule has 0 unspecified atom stereocenters. The Hall–Kier alpha value is -0.985. The van der Waals surface area contributed by atoms with E-state index in [0.29, 0.717) is 5.46 Å². The number of anilines is 1. The summed E-state index contributed by atoms with van der Waals surface area (Å²) in [7, 11) is 5.43. The first kappa shape index (κ1) is 7.13. The van der Waals surface area contributed by atoms with Gasteiger partial charge in [0, 0.05) is 12.7 Å². The van der Waals surface area contributed by atoms with Crippen LogP contribution in [0.5, 0.6) is 0 Å². The van der Waals surface area contributed by atoms with Crippen molar-refractivity contribution >= 4 is 19.1 Å². The van der Waals surface area contributed by atoms with Gasteiger partial charge in [0.15, 0.2) is 0 Å². The fraction of sp³-hybridized carbons (Fsp3) is 0.286. The number of nitrogens with zero attached hydrogens (tertiary/aromatic N) is 1. The Balaban J connectivity index is 2.69. The second-order valence-corrected chi connectivity index (χ2v) is 2.01. The second-order valence-electron chi connectivity index (χ2n) is 2.01. The predicted molar refractivity (Wildman–Crippen MR) is 43.8 cm³/mol. The molecule has 50 valence electrons. The third-order valence-electron chi connectivity index (χ3n) is 1.14. The summed E-state index contributed by atoms with van der Waals surface area (Å²) >= 11 is 0. The van der Waals surface area contributed by atoms with Crippen LogP contribution in [0.2, 0.25) is 0 Å². The molecule has 0 amide bonds. The van der Waals surface area contributed by atoms with Gasteiger partial charge < -0.3 is 5.32 Å². The largest absolute Gasteiger partial charge is 0.370 e. The van der Waals surface area contributed by atoms with Crippen molar-refractivity contribution in [3.05, 3.63) is 18.3 Å². The van der Waals surface area contributed by atoms with Gasteiger partial charge in [0.05, 0.1) is 0 Å². The van der Waals surface area contributed by atoms with Crippen molar-refractivity contribution in [1.82, 2.24) is 4.98 Å². The molecule has 0 aliphatic carbocycles. The van der Waals surface area contributed by atoms with Crippen LogP contribution in [0.1, 0.15) is 6.92 Å². The molecule has 1 aromatic heterocycles. The van der Waals surface area contributed by atoms with Crippen LogP contribution in [0.4, 0.5) is 5.82 Å². The topological polar surface area (TPSA) is 24.9 Å². The lowest BCUT2D eigenvalue weighted by Gasteiger charge is -2.00. The van der Waals surface area contributed by atoms with Crippen LogP contribution in [0.3, 0.4) is 0 Å². The molecule has 0 aromatic carbocycles. The zero-order valence-corrected chi connectivity index (χ0v) is 5.96. The normalized spacial score (nSPS) is 9.30. The molecule has 1 N–H and O–H groups in total. The van der Waals surface area contributed by atoms with Gasteiger partial charge in [-0.1, -0.05) is 11.5 Å². The molecule has 1 rings (SSSR count). The summed E-state index contributed by atoms with van der Waals surface area (Å²) in [6.07, 6.45) is 1.64. The highest BCUT2D eigenvalue weighted by Gasteiger charge is 1.87. The average Bonchev–Trinajstić information content (AvgIpc) is 1.95. The Bertz CT molecular complexity index is 195. The fourth-order valence-corrected chi connectivity index (χ4v) is 0.691. The van der Waals surface area contributed by atoms with Gasteiger partial charge in [-0.25, -0.2) is 4.98 Å². The van der Waals surface area contributed by atoms with Gasteiger partial charge in [0.25, 0.3) is 0 Å². The quantitative estimate of drug-likeness (QED) is 0.585. The van der Waals surface area contributed by atoms with Gasteiger partial charge >= 0.3 is 0 Å². The molecular weight excluding hydrogens is 123 g/mol. The van der Waals surface area contributed by atoms with Crippen molar-refractivity contribution < 1.29 is 0 Å². The maximum Gasteiger partial charge on any atom is 0.125 e. The summed E-state index contributed by atoms with van der Waals surface area (Å²) in [5, 5.41) is 3.07. The summed E-state index contributed by atoms with van der Waals surface area (Å²) in [6, 6.07) is 3.68. The number of pyridine rings is 1. The van der Waals surface area contributed by atoms with Crippen LogP contribution in [-0.2, 0) is 0 Å². The Kier molecular flexibility index (Phi) is 2.32.